The van der Waals surface area contributed by atoms with Crippen molar-refractivity contribution in [2.45, 2.75) is 65.5 Å². The third kappa shape index (κ3) is 2.82. The number of hydrogen-bond acceptors (Lipinski definition) is 2. The molecule has 0 bridgehead atoms. The van der Waals surface area contributed by atoms with E-state index in [2.05, 4.69) is 44.3 Å². The van der Waals surface area contributed by atoms with Crippen LogP contribution in [-0.4, -0.2) is 11.0 Å². The average Bonchev–Trinajstić information content (AvgIpc) is 2.98. The highest BCUT2D eigenvalue weighted by Gasteiger charge is 2.19. The molecule has 0 fully saturated rings. The van der Waals surface area contributed by atoms with Gasteiger partial charge >= 0.3 is 0 Å². The minimum Gasteiger partial charge on any atom is -0.310 e. The van der Waals surface area contributed by atoms with Crippen LogP contribution in [0, 0.1) is 0 Å². The Morgan fingerprint density at radius 3 is 2.86 bits per heavy atom. The van der Waals surface area contributed by atoms with Crippen LogP contribution in [0.15, 0.2) is 18.2 Å². The van der Waals surface area contributed by atoms with Crippen LogP contribution in [0.5, 0.6) is 0 Å². The van der Waals surface area contributed by atoms with Gasteiger partial charge in [0.1, 0.15) is 0 Å². The highest BCUT2D eigenvalue weighted by atomic mass is 14.9. The zero-order chi connectivity index (χ0) is 14.8. The predicted octanol–water partition coefficient (Wildman–Crippen LogP) is 4.17. The quantitative estimate of drug-likeness (QED) is 0.890. The lowest BCUT2D eigenvalue weighted by Gasteiger charge is -2.17. The molecule has 0 saturated carbocycles. The van der Waals surface area contributed by atoms with E-state index in [0.29, 0.717) is 6.04 Å². The van der Waals surface area contributed by atoms with Crippen LogP contribution in [-0.2, 0) is 25.8 Å². The predicted molar refractivity (Wildman–Crippen MR) is 89.7 cm³/mol. The molecule has 1 heterocycles. The molecule has 1 aliphatic carbocycles. The average molecular weight is 282 g/mol. The number of rotatable bonds is 5. The summed E-state index contributed by atoms with van der Waals surface area (Å²) in [6, 6.07) is 7.36. The second-order valence-electron chi connectivity index (χ2n) is 6.26. The Morgan fingerprint density at radius 1 is 1.24 bits per heavy atom. The lowest BCUT2D eigenvalue weighted by molar-refractivity contribution is 0.534. The van der Waals surface area contributed by atoms with E-state index in [1.165, 1.54) is 52.5 Å². The Kier molecular flexibility index (Phi) is 4.25. The number of nitrogens with zero attached hydrogens (tertiary/aromatic N) is 1. The van der Waals surface area contributed by atoms with Crippen molar-refractivity contribution >= 4 is 10.9 Å². The van der Waals surface area contributed by atoms with Crippen molar-refractivity contribution < 1.29 is 0 Å². The molecule has 1 aromatic carbocycles. The normalized spacial score (nSPS) is 15.4. The van der Waals surface area contributed by atoms with Gasteiger partial charge in [-0.15, -0.1) is 0 Å². The van der Waals surface area contributed by atoms with Crippen LogP contribution in [0.25, 0.3) is 10.9 Å². The van der Waals surface area contributed by atoms with Crippen molar-refractivity contribution in [1.82, 2.24) is 10.3 Å². The van der Waals surface area contributed by atoms with Crippen molar-refractivity contribution in [3.05, 3.63) is 40.6 Å². The summed E-state index contributed by atoms with van der Waals surface area (Å²) in [5.74, 6) is 0. The van der Waals surface area contributed by atoms with E-state index in [0.717, 1.165) is 19.4 Å². The van der Waals surface area contributed by atoms with E-state index < -0.39 is 0 Å². The standard InChI is InChI=1S/C19H26N2/c1-4-13(3)20-12-17-15-7-6-8-18(15)21-19-10-9-14(5-2)11-16(17)19/h9-11,13,20H,4-8,12H2,1-3H3. The topological polar surface area (TPSA) is 24.9 Å². The van der Waals surface area contributed by atoms with Gasteiger partial charge < -0.3 is 5.32 Å². The van der Waals surface area contributed by atoms with Gasteiger partial charge in [-0.1, -0.05) is 19.9 Å². The van der Waals surface area contributed by atoms with Crippen LogP contribution < -0.4 is 5.32 Å². The summed E-state index contributed by atoms with van der Waals surface area (Å²) in [5.41, 5.74) is 6.95. The summed E-state index contributed by atoms with van der Waals surface area (Å²) in [4.78, 5) is 4.91. The van der Waals surface area contributed by atoms with Gasteiger partial charge in [0, 0.05) is 23.7 Å². The fraction of sp³-hybridized carbons (Fsp3) is 0.526. The molecular weight excluding hydrogens is 256 g/mol. The summed E-state index contributed by atoms with van der Waals surface area (Å²) in [6.07, 6.45) is 5.87. The van der Waals surface area contributed by atoms with E-state index >= 15 is 0 Å². The Hall–Kier alpha value is -1.41. The molecule has 1 aliphatic rings. The maximum atomic E-state index is 4.91. The van der Waals surface area contributed by atoms with E-state index in [4.69, 9.17) is 4.98 Å². The van der Waals surface area contributed by atoms with Crippen LogP contribution in [0.4, 0.5) is 0 Å². The summed E-state index contributed by atoms with van der Waals surface area (Å²) in [7, 11) is 0. The molecule has 3 rings (SSSR count). The zero-order valence-electron chi connectivity index (χ0n) is 13.5. The van der Waals surface area contributed by atoms with Crippen LogP contribution >= 0.6 is 0 Å². The van der Waals surface area contributed by atoms with Crippen molar-refractivity contribution in [2.24, 2.45) is 0 Å². The number of nitrogens with one attached hydrogen (secondary N) is 1. The lowest BCUT2D eigenvalue weighted by atomic mass is 9.98. The molecule has 2 nitrogen and oxygen atoms in total. The molecule has 2 aromatic rings. The third-order valence-corrected chi connectivity index (χ3v) is 4.84. The number of hydrogen-bond donors (Lipinski definition) is 1. The molecule has 21 heavy (non-hydrogen) atoms. The Labute approximate surface area is 128 Å². The van der Waals surface area contributed by atoms with E-state index in [1.807, 2.05) is 0 Å². The summed E-state index contributed by atoms with van der Waals surface area (Å²) >= 11 is 0. The zero-order valence-corrected chi connectivity index (χ0v) is 13.5. The molecule has 1 atom stereocenters. The van der Waals surface area contributed by atoms with Gasteiger partial charge in [0.25, 0.3) is 0 Å². The van der Waals surface area contributed by atoms with E-state index in [9.17, 15) is 0 Å². The number of benzene rings is 1. The number of aryl methyl sites for hydroxylation is 2. The van der Waals surface area contributed by atoms with Gasteiger partial charge in [0.15, 0.2) is 0 Å². The van der Waals surface area contributed by atoms with E-state index in [1.54, 1.807) is 0 Å². The SMILES string of the molecule is CCc1ccc2nc3c(c(CNC(C)CC)c2c1)CCC3. The van der Waals surface area contributed by atoms with Gasteiger partial charge in [-0.2, -0.15) is 0 Å². The lowest BCUT2D eigenvalue weighted by Crippen LogP contribution is -2.25. The van der Waals surface area contributed by atoms with Crippen molar-refractivity contribution in [3.63, 3.8) is 0 Å². The fourth-order valence-corrected chi connectivity index (χ4v) is 3.25. The van der Waals surface area contributed by atoms with Gasteiger partial charge in [-0.05, 0) is 67.9 Å². The Morgan fingerprint density at radius 2 is 2.10 bits per heavy atom. The molecule has 0 aliphatic heterocycles. The Bertz CT molecular complexity index is 646. The minimum absolute atomic E-state index is 0.569. The molecule has 1 unspecified atom stereocenters. The summed E-state index contributed by atoms with van der Waals surface area (Å²) < 4.78 is 0. The molecule has 1 aromatic heterocycles. The second-order valence-corrected chi connectivity index (χ2v) is 6.26. The van der Waals surface area contributed by atoms with Gasteiger partial charge in [-0.25, -0.2) is 0 Å². The molecule has 112 valence electrons. The summed E-state index contributed by atoms with van der Waals surface area (Å²) in [6.45, 7) is 7.70. The number of fused-ring (bicyclic) bond motifs is 2. The van der Waals surface area contributed by atoms with Crippen LogP contribution in [0.1, 0.15) is 56.0 Å². The maximum absolute atomic E-state index is 4.91. The first-order chi connectivity index (χ1) is 10.2. The highest BCUT2D eigenvalue weighted by Crippen LogP contribution is 2.30. The molecule has 1 N–H and O–H groups in total. The highest BCUT2D eigenvalue weighted by molar-refractivity contribution is 5.84. The van der Waals surface area contributed by atoms with Gasteiger partial charge in [0.2, 0.25) is 0 Å². The van der Waals surface area contributed by atoms with E-state index in [-0.39, 0.29) is 0 Å². The largest absolute Gasteiger partial charge is 0.310 e. The van der Waals surface area contributed by atoms with Crippen molar-refractivity contribution in [3.8, 4) is 0 Å². The van der Waals surface area contributed by atoms with Crippen LogP contribution in [0.2, 0.25) is 0 Å². The van der Waals surface area contributed by atoms with Crippen LogP contribution in [0.3, 0.4) is 0 Å². The monoisotopic (exact) mass is 282 g/mol. The number of aromatic nitrogens is 1. The Balaban J connectivity index is 2.08. The third-order valence-electron chi connectivity index (χ3n) is 4.84. The molecule has 2 heteroatoms. The van der Waals surface area contributed by atoms with Gasteiger partial charge in [-0.3, -0.25) is 4.98 Å². The smallest absolute Gasteiger partial charge is 0.0708 e. The molecule has 0 saturated heterocycles. The first-order valence-corrected chi connectivity index (χ1v) is 8.39. The molecular formula is C19H26N2. The fourth-order valence-electron chi connectivity index (χ4n) is 3.25. The van der Waals surface area contributed by atoms with Crippen molar-refractivity contribution in [1.29, 1.82) is 0 Å². The maximum Gasteiger partial charge on any atom is 0.0708 e. The molecule has 0 spiro atoms. The molecule has 0 radical (unpaired) electrons. The summed E-state index contributed by atoms with van der Waals surface area (Å²) in [5, 5.41) is 5.05. The first-order valence-electron chi connectivity index (χ1n) is 8.39. The van der Waals surface area contributed by atoms with Crippen molar-refractivity contribution in [2.75, 3.05) is 0 Å². The molecule has 0 amide bonds. The number of pyridine rings is 1. The van der Waals surface area contributed by atoms with Gasteiger partial charge in [0.05, 0.1) is 5.52 Å². The second kappa shape index (κ2) is 6.15. The first kappa shape index (κ1) is 14.5. The minimum atomic E-state index is 0.569.